The lowest BCUT2D eigenvalue weighted by atomic mass is 10.2. The van der Waals surface area contributed by atoms with Gasteiger partial charge in [0.25, 0.3) is 0 Å². The lowest BCUT2D eigenvalue weighted by Gasteiger charge is -2.15. The molecule has 2 heterocycles. The summed E-state index contributed by atoms with van der Waals surface area (Å²) in [7, 11) is 0. The van der Waals surface area contributed by atoms with Crippen molar-refractivity contribution in [2.24, 2.45) is 0 Å². The average Bonchev–Trinajstić information content (AvgIpc) is 2.70. The SMILES string of the molecule is Oc1ccc(C(F)(F)Cn2cccn2)nc1. The predicted molar refractivity (Wildman–Crippen MR) is 52.0 cm³/mol. The van der Waals surface area contributed by atoms with Crippen LogP contribution in [0.3, 0.4) is 0 Å². The quantitative estimate of drug-likeness (QED) is 0.866. The molecule has 2 rings (SSSR count). The van der Waals surface area contributed by atoms with E-state index in [-0.39, 0.29) is 11.4 Å². The molecule has 0 aromatic carbocycles. The van der Waals surface area contributed by atoms with Gasteiger partial charge in [0.05, 0.1) is 6.20 Å². The van der Waals surface area contributed by atoms with Gasteiger partial charge in [-0.15, -0.1) is 0 Å². The van der Waals surface area contributed by atoms with Gasteiger partial charge in [0, 0.05) is 12.4 Å². The van der Waals surface area contributed by atoms with Crippen molar-refractivity contribution < 1.29 is 13.9 Å². The van der Waals surface area contributed by atoms with Crippen LogP contribution in [0.2, 0.25) is 0 Å². The van der Waals surface area contributed by atoms with Crippen LogP contribution in [0.15, 0.2) is 36.8 Å². The average molecular weight is 225 g/mol. The van der Waals surface area contributed by atoms with Crippen LogP contribution in [0, 0.1) is 0 Å². The predicted octanol–water partition coefficient (Wildman–Crippen LogP) is 1.78. The number of aromatic nitrogens is 3. The molecule has 0 saturated carbocycles. The van der Waals surface area contributed by atoms with Crippen LogP contribution in [0.1, 0.15) is 5.69 Å². The molecule has 16 heavy (non-hydrogen) atoms. The van der Waals surface area contributed by atoms with Crippen LogP contribution in [0.4, 0.5) is 8.78 Å². The van der Waals surface area contributed by atoms with Gasteiger partial charge >= 0.3 is 5.92 Å². The highest BCUT2D eigenvalue weighted by molar-refractivity contribution is 5.20. The van der Waals surface area contributed by atoms with Crippen molar-refractivity contribution in [2.75, 3.05) is 0 Å². The first-order chi connectivity index (χ1) is 7.58. The number of hydrogen-bond acceptors (Lipinski definition) is 3. The molecule has 0 spiro atoms. The van der Waals surface area contributed by atoms with E-state index in [1.165, 1.54) is 18.5 Å². The van der Waals surface area contributed by atoms with Crippen molar-refractivity contribution in [1.82, 2.24) is 14.8 Å². The summed E-state index contributed by atoms with van der Waals surface area (Å²) < 4.78 is 28.4. The molecule has 2 aromatic heterocycles. The lowest BCUT2D eigenvalue weighted by Crippen LogP contribution is -2.22. The molecule has 0 aliphatic rings. The molecule has 0 unspecified atom stereocenters. The second-order valence-electron chi connectivity index (χ2n) is 3.31. The summed E-state index contributed by atoms with van der Waals surface area (Å²) in [5, 5.41) is 12.7. The first kappa shape index (κ1) is 10.5. The van der Waals surface area contributed by atoms with Crippen molar-refractivity contribution in [3.05, 3.63) is 42.5 Å². The Morgan fingerprint density at radius 1 is 1.38 bits per heavy atom. The molecule has 0 saturated heterocycles. The molecule has 4 nitrogen and oxygen atoms in total. The highest BCUT2D eigenvalue weighted by Gasteiger charge is 2.33. The third-order valence-electron chi connectivity index (χ3n) is 2.04. The minimum absolute atomic E-state index is 0.140. The Labute approximate surface area is 90.2 Å². The summed E-state index contributed by atoms with van der Waals surface area (Å²) in [4.78, 5) is 3.49. The smallest absolute Gasteiger partial charge is 0.308 e. The number of hydrogen-bond donors (Lipinski definition) is 1. The van der Waals surface area contributed by atoms with E-state index < -0.39 is 12.5 Å². The Kier molecular flexibility index (Phi) is 2.55. The van der Waals surface area contributed by atoms with Gasteiger partial charge < -0.3 is 5.11 Å². The Bertz CT molecular complexity index is 453. The highest BCUT2D eigenvalue weighted by atomic mass is 19.3. The largest absolute Gasteiger partial charge is 0.506 e. The van der Waals surface area contributed by atoms with E-state index in [2.05, 4.69) is 10.1 Å². The molecule has 6 heteroatoms. The fourth-order valence-corrected chi connectivity index (χ4v) is 1.28. The Balaban J connectivity index is 2.21. The standard InChI is InChI=1S/C10H9F2N3O/c11-10(12,7-15-5-1-4-14-15)9-3-2-8(16)6-13-9/h1-6,16H,7H2. The van der Waals surface area contributed by atoms with Crippen molar-refractivity contribution in [2.45, 2.75) is 12.5 Å². The van der Waals surface area contributed by atoms with Gasteiger partial charge in [0.2, 0.25) is 0 Å². The number of alkyl halides is 2. The number of pyridine rings is 1. The van der Waals surface area contributed by atoms with E-state index in [1.54, 1.807) is 6.07 Å². The molecule has 1 N–H and O–H groups in total. The fraction of sp³-hybridized carbons (Fsp3) is 0.200. The molecular weight excluding hydrogens is 216 g/mol. The maximum atomic E-state index is 13.6. The molecule has 0 amide bonds. The number of nitrogens with zero attached hydrogens (tertiary/aromatic N) is 3. The van der Waals surface area contributed by atoms with Gasteiger partial charge in [-0.25, -0.2) is 0 Å². The molecule has 0 fully saturated rings. The van der Waals surface area contributed by atoms with E-state index in [0.717, 1.165) is 16.9 Å². The van der Waals surface area contributed by atoms with Crippen LogP contribution >= 0.6 is 0 Å². The zero-order valence-electron chi connectivity index (χ0n) is 8.22. The molecule has 2 aromatic rings. The van der Waals surface area contributed by atoms with Gasteiger partial charge in [-0.2, -0.15) is 13.9 Å². The fourth-order valence-electron chi connectivity index (χ4n) is 1.28. The summed E-state index contributed by atoms with van der Waals surface area (Å²) in [6.45, 7) is -0.572. The van der Waals surface area contributed by atoms with Gasteiger partial charge in [0.15, 0.2) is 0 Å². The van der Waals surface area contributed by atoms with E-state index in [0.29, 0.717) is 0 Å². The zero-order chi connectivity index (χ0) is 11.6. The molecule has 0 radical (unpaired) electrons. The van der Waals surface area contributed by atoms with Crippen LogP contribution in [0.25, 0.3) is 0 Å². The third kappa shape index (κ3) is 2.16. The van der Waals surface area contributed by atoms with Crippen LogP contribution in [-0.4, -0.2) is 19.9 Å². The normalized spacial score (nSPS) is 11.6. The van der Waals surface area contributed by atoms with E-state index >= 15 is 0 Å². The number of aromatic hydroxyl groups is 1. The van der Waals surface area contributed by atoms with Gasteiger partial charge in [-0.1, -0.05) is 0 Å². The first-order valence-electron chi connectivity index (χ1n) is 4.59. The van der Waals surface area contributed by atoms with E-state index in [9.17, 15) is 8.78 Å². The zero-order valence-corrected chi connectivity index (χ0v) is 8.22. The summed E-state index contributed by atoms with van der Waals surface area (Å²) in [6, 6.07) is 3.85. The van der Waals surface area contributed by atoms with Crippen LogP contribution < -0.4 is 0 Å². The molecule has 0 aliphatic carbocycles. The summed E-state index contributed by atoms with van der Waals surface area (Å²) in [6.07, 6.45) is 3.88. The van der Waals surface area contributed by atoms with E-state index in [1.807, 2.05) is 0 Å². The van der Waals surface area contributed by atoms with Crippen molar-refractivity contribution in [3.63, 3.8) is 0 Å². The van der Waals surface area contributed by atoms with Gasteiger partial charge in [-0.05, 0) is 18.2 Å². The third-order valence-corrected chi connectivity index (χ3v) is 2.04. The molecule has 0 aliphatic heterocycles. The Morgan fingerprint density at radius 2 is 2.19 bits per heavy atom. The van der Waals surface area contributed by atoms with Crippen LogP contribution in [0.5, 0.6) is 5.75 Å². The molecule has 0 bridgehead atoms. The molecule has 0 atom stereocenters. The maximum Gasteiger partial charge on any atom is 0.308 e. The highest BCUT2D eigenvalue weighted by Crippen LogP contribution is 2.28. The molecular formula is C10H9F2N3O. The van der Waals surface area contributed by atoms with Gasteiger partial charge in [-0.3, -0.25) is 9.67 Å². The van der Waals surface area contributed by atoms with Crippen molar-refractivity contribution >= 4 is 0 Å². The topological polar surface area (TPSA) is 50.9 Å². The number of rotatable bonds is 3. The second-order valence-corrected chi connectivity index (χ2v) is 3.31. The summed E-state index contributed by atoms with van der Waals surface area (Å²) >= 11 is 0. The van der Waals surface area contributed by atoms with Crippen molar-refractivity contribution in [1.29, 1.82) is 0 Å². The lowest BCUT2D eigenvalue weighted by molar-refractivity contribution is -0.0296. The monoisotopic (exact) mass is 225 g/mol. The first-order valence-corrected chi connectivity index (χ1v) is 4.59. The van der Waals surface area contributed by atoms with Crippen LogP contribution in [-0.2, 0) is 12.5 Å². The Morgan fingerprint density at radius 3 is 2.75 bits per heavy atom. The van der Waals surface area contributed by atoms with E-state index in [4.69, 9.17) is 5.11 Å². The minimum atomic E-state index is -3.11. The number of halogens is 2. The minimum Gasteiger partial charge on any atom is -0.506 e. The van der Waals surface area contributed by atoms with Gasteiger partial charge in [0.1, 0.15) is 18.0 Å². The summed E-state index contributed by atoms with van der Waals surface area (Å²) in [5.74, 6) is -3.25. The Hall–Kier alpha value is -1.98. The van der Waals surface area contributed by atoms with Crippen molar-refractivity contribution in [3.8, 4) is 5.75 Å². The maximum absolute atomic E-state index is 13.6. The summed E-state index contributed by atoms with van der Waals surface area (Å²) in [5.41, 5.74) is -0.388. The second kappa shape index (κ2) is 3.88. The molecule has 84 valence electrons.